The van der Waals surface area contributed by atoms with Crippen LogP contribution in [-0.4, -0.2) is 16.6 Å². The number of rotatable bonds is 6. The molecule has 1 aliphatic heterocycles. The summed E-state index contributed by atoms with van der Waals surface area (Å²) >= 11 is 3.60. The van der Waals surface area contributed by atoms with Crippen LogP contribution in [0.5, 0.6) is 11.6 Å². The number of hydrazine groups is 2. The number of ether oxygens (including phenoxy) is 1. The molecule has 0 saturated carbocycles. The van der Waals surface area contributed by atoms with Crippen molar-refractivity contribution >= 4 is 27.3 Å². The number of pyridine rings is 1. The van der Waals surface area contributed by atoms with E-state index in [1.165, 1.54) is 0 Å². The SMILES string of the molecule is CCC(C)CN1NNc2c1ccc(Oc1ncccc1CO)c2Br. The van der Waals surface area contributed by atoms with Gasteiger partial charge in [0.2, 0.25) is 5.88 Å². The van der Waals surface area contributed by atoms with Crippen LogP contribution in [0.15, 0.2) is 34.9 Å². The van der Waals surface area contributed by atoms with Crippen LogP contribution < -0.4 is 20.7 Å². The van der Waals surface area contributed by atoms with Gasteiger partial charge in [-0.25, -0.2) is 4.98 Å². The molecule has 128 valence electrons. The van der Waals surface area contributed by atoms with Gasteiger partial charge in [0.25, 0.3) is 0 Å². The number of aliphatic hydroxyl groups is 1. The third-order valence-electron chi connectivity index (χ3n) is 4.11. The van der Waals surface area contributed by atoms with E-state index in [0.717, 1.165) is 28.8 Å². The topological polar surface area (TPSA) is 69.7 Å². The van der Waals surface area contributed by atoms with Gasteiger partial charge in [-0.1, -0.05) is 20.3 Å². The predicted molar refractivity (Wildman–Crippen MR) is 97.9 cm³/mol. The van der Waals surface area contributed by atoms with E-state index >= 15 is 0 Å². The lowest BCUT2D eigenvalue weighted by atomic mass is 10.1. The van der Waals surface area contributed by atoms with Crippen molar-refractivity contribution in [2.45, 2.75) is 26.9 Å². The van der Waals surface area contributed by atoms with Crippen molar-refractivity contribution in [3.63, 3.8) is 0 Å². The standard InChI is InChI=1S/C17H21BrN4O2/c1-3-11(2)9-22-13-6-7-14(15(18)16(13)20-21-22)24-17-12(10-23)5-4-8-19-17/h4-8,11,20-21,23H,3,9-10H2,1-2H3. The fourth-order valence-corrected chi connectivity index (χ4v) is 2.99. The Morgan fingerprint density at radius 1 is 1.38 bits per heavy atom. The second-order valence-electron chi connectivity index (χ2n) is 5.86. The summed E-state index contributed by atoms with van der Waals surface area (Å²) in [7, 11) is 0. The summed E-state index contributed by atoms with van der Waals surface area (Å²) in [5, 5.41) is 11.5. The minimum atomic E-state index is -0.117. The van der Waals surface area contributed by atoms with Gasteiger partial charge in [0.05, 0.1) is 22.5 Å². The molecule has 0 aliphatic carbocycles. The van der Waals surface area contributed by atoms with Gasteiger partial charge in [0, 0.05) is 18.3 Å². The summed E-state index contributed by atoms with van der Waals surface area (Å²) in [6.45, 7) is 5.21. The van der Waals surface area contributed by atoms with E-state index in [1.807, 2.05) is 12.1 Å². The van der Waals surface area contributed by atoms with E-state index in [0.29, 0.717) is 23.1 Å². The molecule has 0 amide bonds. The summed E-state index contributed by atoms with van der Waals surface area (Å²) in [5.74, 6) is 1.63. The molecule has 1 atom stereocenters. The first-order chi connectivity index (χ1) is 11.6. The third kappa shape index (κ3) is 3.33. The van der Waals surface area contributed by atoms with E-state index in [4.69, 9.17) is 4.74 Å². The molecule has 0 spiro atoms. The highest BCUT2D eigenvalue weighted by Crippen LogP contribution is 2.43. The van der Waals surface area contributed by atoms with Gasteiger partial charge in [-0.3, -0.25) is 5.01 Å². The van der Waals surface area contributed by atoms with E-state index in [-0.39, 0.29) is 6.61 Å². The minimum absolute atomic E-state index is 0.117. The fraction of sp³-hybridized carbons (Fsp3) is 0.353. The maximum absolute atomic E-state index is 9.40. The fourth-order valence-electron chi connectivity index (χ4n) is 2.48. The van der Waals surface area contributed by atoms with Crippen molar-refractivity contribution in [1.29, 1.82) is 0 Å². The Kier molecular flexibility index (Phi) is 5.23. The number of nitrogens with one attached hydrogen (secondary N) is 2. The summed E-state index contributed by atoms with van der Waals surface area (Å²) in [6.07, 6.45) is 2.77. The minimum Gasteiger partial charge on any atom is -0.437 e. The number of hydrogen-bond acceptors (Lipinski definition) is 6. The van der Waals surface area contributed by atoms with Crippen LogP contribution >= 0.6 is 15.9 Å². The first-order valence-electron chi connectivity index (χ1n) is 7.98. The number of aliphatic hydroxyl groups excluding tert-OH is 1. The second-order valence-corrected chi connectivity index (χ2v) is 6.65. The Labute approximate surface area is 149 Å². The molecule has 3 rings (SSSR count). The van der Waals surface area contributed by atoms with Crippen molar-refractivity contribution < 1.29 is 9.84 Å². The van der Waals surface area contributed by atoms with Crippen molar-refractivity contribution in [1.82, 2.24) is 10.5 Å². The number of nitrogens with zero attached hydrogens (tertiary/aromatic N) is 2. The first kappa shape index (κ1) is 17.0. The Hall–Kier alpha value is -1.83. The molecule has 0 bridgehead atoms. The van der Waals surface area contributed by atoms with Crippen LogP contribution in [0, 0.1) is 5.92 Å². The van der Waals surface area contributed by atoms with Crippen LogP contribution in [0.1, 0.15) is 25.8 Å². The van der Waals surface area contributed by atoms with Crippen molar-refractivity contribution in [3.05, 3.63) is 40.5 Å². The van der Waals surface area contributed by atoms with Gasteiger partial charge < -0.3 is 15.3 Å². The quantitative estimate of drug-likeness (QED) is 0.693. The van der Waals surface area contributed by atoms with Crippen LogP contribution in [0.2, 0.25) is 0 Å². The summed E-state index contributed by atoms with van der Waals surface area (Å²) in [6, 6.07) is 7.47. The molecule has 1 aliphatic rings. The second kappa shape index (κ2) is 7.38. The van der Waals surface area contributed by atoms with Gasteiger partial charge in [-0.15, -0.1) is 5.53 Å². The number of fused-ring (bicyclic) bond motifs is 1. The molecule has 24 heavy (non-hydrogen) atoms. The molecule has 3 N–H and O–H groups in total. The molecular weight excluding hydrogens is 372 g/mol. The zero-order valence-corrected chi connectivity index (χ0v) is 15.3. The molecule has 2 aromatic rings. The third-order valence-corrected chi connectivity index (χ3v) is 4.90. The van der Waals surface area contributed by atoms with E-state index in [2.05, 4.69) is 50.7 Å². The molecule has 0 radical (unpaired) electrons. The smallest absolute Gasteiger partial charge is 0.224 e. The van der Waals surface area contributed by atoms with Gasteiger partial charge in [-0.2, -0.15) is 0 Å². The van der Waals surface area contributed by atoms with Gasteiger partial charge in [0.15, 0.2) is 0 Å². The lowest BCUT2D eigenvalue weighted by molar-refractivity contribution is 0.275. The van der Waals surface area contributed by atoms with Crippen molar-refractivity contribution in [2.75, 3.05) is 17.0 Å². The zero-order valence-electron chi connectivity index (χ0n) is 13.7. The summed E-state index contributed by atoms with van der Waals surface area (Å²) < 4.78 is 6.70. The molecule has 1 aromatic carbocycles. The van der Waals surface area contributed by atoms with Crippen LogP contribution in [-0.2, 0) is 6.61 Å². The number of hydrogen-bond donors (Lipinski definition) is 3. The Morgan fingerprint density at radius 2 is 2.21 bits per heavy atom. The van der Waals surface area contributed by atoms with E-state index in [1.54, 1.807) is 18.3 Å². The molecule has 7 heteroatoms. The largest absolute Gasteiger partial charge is 0.437 e. The van der Waals surface area contributed by atoms with E-state index < -0.39 is 0 Å². The predicted octanol–water partition coefficient (Wildman–Crippen LogP) is 3.83. The van der Waals surface area contributed by atoms with Gasteiger partial charge in [0.1, 0.15) is 5.75 Å². The number of halogens is 1. The molecule has 0 fully saturated rings. The van der Waals surface area contributed by atoms with Crippen LogP contribution in [0.25, 0.3) is 0 Å². The van der Waals surface area contributed by atoms with Crippen LogP contribution in [0.4, 0.5) is 11.4 Å². The number of aromatic nitrogens is 1. The number of benzene rings is 1. The average molecular weight is 393 g/mol. The molecule has 1 aromatic heterocycles. The monoisotopic (exact) mass is 392 g/mol. The Balaban J connectivity index is 1.85. The molecule has 1 unspecified atom stereocenters. The normalized spacial score (nSPS) is 14.2. The maximum Gasteiger partial charge on any atom is 0.224 e. The average Bonchev–Trinajstić information content (AvgIpc) is 3.01. The van der Waals surface area contributed by atoms with Gasteiger partial charge in [-0.05, 0) is 46.1 Å². The first-order valence-corrected chi connectivity index (χ1v) is 8.77. The zero-order chi connectivity index (χ0) is 17.1. The summed E-state index contributed by atoms with van der Waals surface area (Å²) in [5.41, 5.74) is 9.01. The van der Waals surface area contributed by atoms with Gasteiger partial charge >= 0.3 is 0 Å². The highest BCUT2D eigenvalue weighted by molar-refractivity contribution is 9.10. The lowest BCUT2D eigenvalue weighted by Gasteiger charge is -2.21. The van der Waals surface area contributed by atoms with Crippen molar-refractivity contribution in [3.8, 4) is 11.6 Å². The molecular formula is C17H21BrN4O2. The maximum atomic E-state index is 9.40. The molecule has 6 nitrogen and oxygen atoms in total. The Morgan fingerprint density at radius 3 is 2.96 bits per heavy atom. The molecule has 2 heterocycles. The highest BCUT2D eigenvalue weighted by Gasteiger charge is 2.24. The number of anilines is 2. The van der Waals surface area contributed by atoms with Crippen LogP contribution in [0.3, 0.4) is 0 Å². The van der Waals surface area contributed by atoms with Crippen molar-refractivity contribution in [2.24, 2.45) is 5.92 Å². The Bertz CT molecular complexity index is 726. The molecule has 0 saturated heterocycles. The van der Waals surface area contributed by atoms with E-state index in [9.17, 15) is 5.11 Å². The highest BCUT2D eigenvalue weighted by atomic mass is 79.9. The lowest BCUT2D eigenvalue weighted by Crippen LogP contribution is -2.38. The summed E-state index contributed by atoms with van der Waals surface area (Å²) in [4.78, 5) is 4.20.